The van der Waals surface area contributed by atoms with Crippen molar-refractivity contribution >= 4 is 26.9 Å². The Hall–Kier alpha value is -2.97. The molecule has 0 saturated carbocycles. The van der Waals surface area contributed by atoms with Crippen molar-refractivity contribution in [3.63, 3.8) is 0 Å². The van der Waals surface area contributed by atoms with Gasteiger partial charge < -0.3 is 9.84 Å². The molecule has 3 rings (SSSR count). The Labute approximate surface area is 156 Å². The van der Waals surface area contributed by atoms with E-state index in [2.05, 4.69) is 4.98 Å². The number of pyridine rings is 1. The van der Waals surface area contributed by atoms with Crippen LogP contribution in [0.15, 0.2) is 65.6 Å². The second-order valence-corrected chi connectivity index (χ2v) is 7.78. The summed E-state index contributed by atoms with van der Waals surface area (Å²) in [6.07, 6.45) is 0. The largest absolute Gasteiger partial charge is 0.497 e. The van der Waals surface area contributed by atoms with Crippen LogP contribution in [0.2, 0.25) is 0 Å². The molecule has 1 heterocycles. The molecule has 0 aliphatic carbocycles. The first kappa shape index (κ1) is 18.8. The average Bonchev–Trinajstić information content (AvgIpc) is 2.67. The maximum atomic E-state index is 12.9. The van der Waals surface area contributed by atoms with Gasteiger partial charge in [-0.15, -0.1) is 0 Å². The maximum Gasteiger partial charge on any atom is 0.318 e. The molecule has 2 aromatic carbocycles. The molecule has 7 nitrogen and oxygen atoms in total. The van der Waals surface area contributed by atoms with Crippen LogP contribution in [0.3, 0.4) is 0 Å². The molecule has 140 valence electrons. The van der Waals surface area contributed by atoms with E-state index in [1.54, 1.807) is 6.07 Å². The second kappa shape index (κ2) is 7.73. The van der Waals surface area contributed by atoms with Crippen molar-refractivity contribution in [3.05, 3.63) is 66.4 Å². The van der Waals surface area contributed by atoms with Crippen molar-refractivity contribution in [3.8, 4) is 5.75 Å². The Bertz CT molecular complexity index is 1060. The third-order valence-corrected chi connectivity index (χ3v) is 5.81. The fourth-order valence-corrected chi connectivity index (χ4v) is 4.01. The predicted octanol–water partition coefficient (Wildman–Crippen LogP) is 2.52. The summed E-state index contributed by atoms with van der Waals surface area (Å²) < 4.78 is 31.8. The summed E-state index contributed by atoms with van der Waals surface area (Å²) in [4.78, 5) is 15.7. The number of carbonyl (C=O) groups is 1. The van der Waals surface area contributed by atoms with Gasteiger partial charge in [-0.3, -0.25) is 9.78 Å². The summed E-state index contributed by atoms with van der Waals surface area (Å²) in [5, 5.41) is 10.1. The third kappa shape index (κ3) is 4.24. The van der Waals surface area contributed by atoms with Crippen LogP contribution in [0.25, 0.3) is 10.9 Å². The average molecular weight is 386 g/mol. The SMILES string of the molecule is COc1ccc(S(=O)(=O)N(CC(=O)O)Cc2ccc3ccccc3n2)cc1. The number of nitrogens with zero attached hydrogens (tertiary/aromatic N) is 2. The predicted molar refractivity (Wildman–Crippen MR) is 100.0 cm³/mol. The van der Waals surface area contributed by atoms with Gasteiger partial charge in [0.05, 0.1) is 29.8 Å². The quantitative estimate of drug-likeness (QED) is 0.670. The monoisotopic (exact) mass is 386 g/mol. The smallest absolute Gasteiger partial charge is 0.318 e. The number of methoxy groups -OCH3 is 1. The molecule has 0 spiro atoms. The van der Waals surface area contributed by atoms with Crippen molar-refractivity contribution in [2.75, 3.05) is 13.7 Å². The normalized spacial score (nSPS) is 11.6. The van der Waals surface area contributed by atoms with E-state index in [9.17, 15) is 18.3 Å². The summed E-state index contributed by atoms with van der Waals surface area (Å²) in [6.45, 7) is -0.811. The minimum Gasteiger partial charge on any atom is -0.497 e. The summed E-state index contributed by atoms with van der Waals surface area (Å²) >= 11 is 0. The number of aromatic nitrogens is 1. The van der Waals surface area contributed by atoms with Gasteiger partial charge in [-0.1, -0.05) is 24.3 Å². The molecule has 0 aliphatic heterocycles. The molecule has 0 bridgehead atoms. The highest BCUT2D eigenvalue weighted by Crippen LogP contribution is 2.21. The van der Waals surface area contributed by atoms with Gasteiger partial charge in [0.25, 0.3) is 0 Å². The lowest BCUT2D eigenvalue weighted by atomic mass is 10.2. The summed E-state index contributed by atoms with van der Waals surface area (Å²) in [6, 6.07) is 16.8. The lowest BCUT2D eigenvalue weighted by Crippen LogP contribution is -2.35. The minimum absolute atomic E-state index is 0.00895. The number of fused-ring (bicyclic) bond motifs is 1. The zero-order valence-electron chi connectivity index (χ0n) is 14.6. The zero-order chi connectivity index (χ0) is 19.4. The maximum absolute atomic E-state index is 12.9. The van der Waals surface area contributed by atoms with Crippen LogP contribution in [0, 0.1) is 0 Å². The molecule has 27 heavy (non-hydrogen) atoms. The first-order valence-electron chi connectivity index (χ1n) is 8.11. The lowest BCUT2D eigenvalue weighted by Gasteiger charge is -2.20. The summed E-state index contributed by atoms with van der Waals surface area (Å²) in [5.41, 5.74) is 1.18. The molecule has 0 unspecified atom stereocenters. The highest BCUT2D eigenvalue weighted by Gasteiger charge is 2.27. The standard InChI is InChI=1S/C19H18N2O5S/c1-26-16-8-10-17(11-9-16)27(24,25)21(13-19(22)23)12-15-7-6-14-4-2-3-5-18(14)20-15/h2-11H,12-13H2,1H3,(H,22,23). The van der Waals surface area contributed by atoms with E-state index in [1.165, 1.54) is 31.4 Å². The number of sulfonamides is 1. The van der Waals surface area contributed by atoms with Crippen molar-refractivity contribution in [2.24, 2.45) is 0 Å². The first-order valence-corrected chi connectivity index (χ1v) is 9.55. The van der Waals surface area contributed by atoms with E-state index in [1.807, 2.05) is 30.3 Å². The van der Waals surface area contributed by atoms with E-state index in [0.717, 1.165) is 9.69 Å². The Morgan fingerprint density at radius 2 is 1.78 bits per heavy atom. The Morgan fingerprint density at radius 1 is 1.07 bits per heavy atom. The first-order chi connectivity index (χ1) is 12.9. The van der Waals surface area contributed by atoms with Gasteiger partial charge in [0.1, 0.15) is 12.3 Å². The molecule has 0 saturated heterocycles. The zero-order valence-corrected chi connectivity index (χ0v) is 15.4. The second-order valence-electron chi connectivity index (χ2n) is 5.84. The molecular weight excluding hydrogens is 368 g/mol. The Morgan fingerprint density at radius 3 is 2.44 bits per heavy atom. The number of benzene rings is 2. The Balaban J connectivity index is 1.95. The third-order valence-electron chi connectivity index (χ3n) is 4.00. The number of aliphatic carboxylic acids is 1. The van der Waals surface area contributed by atoms with Gasteiger partial charge in [0, 0.05) is 5.39 Å². The van der Waals surface area contributed by atoms with Crippen molar-refractivity contribution in [1.29, 1.82) is 0 Å². The molecule has 0 radical (unpaired) electrons. The number of ether oxygens (including phenoxy) is 1. The molecule has 0 amide bonds. The van der Waals surface area contributed by atoms with Crippen LogP contribution in [-0.4, -0.2) is 42.4 Å². The molecule has 1 aromatic heterocycles. The van der Waals surface area contributed by atoms with E-state index < -0.39 is 22.5 Å². The number of hydrogen-bond donors (Lipinski definition) is 1. The molecule has 8 heteroatoms. The van der Waals surface area contributed by atoms with Gasteiger partial charge in [0.2, 0.25) is 10.0 Å². The molecule has 1 N–H and O–H groups in total. The van der Waals surface area contributed by atoms with Gasteiger partial charge in [-0.05, 0) is 36.4 Å². The summed E-state index contributed by atoms with van der Waals surface area (Å²) in [5.74, 6) is -0.734. The van der Waals surface area contributed by atoms with Crippen molar-refractivity contribution < 1.29 is 23.1 Å². The number of rotatable bonds is 7. The molecule has 3 aromatic rings. The Kier molecular flexibility index (Phi) is 5.38. The highest BCUT2D eigenvalue weighted by molar-refractivity contribution is 7.89. The van der Waals surface area contributed by atoms with E-state index in [-0.39, 0.29) is 11.4 Å². The van der Waals surface area contributed by atoms with E-state index >= 15 is 0 Å². The van der Waals surface area contributed by atoms with Crippen LogP contribution in [0.5, 0.6) is 5.75 Å². The topological polar surface area (TPSA) is 96.8 Å². The fraction of sp³-hybridized carbons (Fsp3) is 0.158. The minimum atomic E-state index is -4.02. The molecule has 0 aliphatic rings. The highest BCUT2D eigenvalue weighted by atomic mass is 32.2. The van der Waals surface area contributed by atoms with Crippen LogP contribution in [0.4, 0.5) is 0 Å². The van der Waals surface area contributed by atoms with Gasteiger partial charge in [0.15, 0.2) is 0 Å². The lowest BCUT2D eigenvalue weighted by molar-refractivity contribution is -0.137. The number of carboxylic acid groups (broad SMARTS) is 1. The van der Waals surface area contributed by atoms with E-state index in [4.69, 9.17) is 4.74 Å². The molecular formula is C19H18N2O5S. The van der Waals surface area contributed by atoms with Gasteiger partial charge >= 0.3 is 5.97 Å². The van der Waals surface area contributed by atoms with Gasteiger partial charge in [-0.25, -0.2) is 8.42 Å². The van der Waals surface area contributed by atoms with Crippen LogP contribution in [-0.2, 0) is 21.4 Å². The number of hydrogen-bond acceptors (Lipinski definition) is 5. The van der Waals surface area contributed by atoms with Crippen molar-refractivity contribution in [2.45, 2.75) is 11.4 Å². The summed E-state index contributed by atoms with van der Waals surface area (Å²) in [7, 11) is -2.54. The molecule has 0 fully saturated rings. The van der Waals surface area contributed by atoms with E-state index in [0.29, 0.717) is 17.0 Å². The van der Waals surface area contributed by atoms with Crippen LogP contribution in [0.1, 0.15) is 5.69 Å². The van der Waals surface area contributed by atoms with Crippen molar-refractivity contribution in [1.82, 2.24) is 9.29 Å². The van der Waals surface area contributed by atoms with Crippen LogP contribution >= 0.6 is 0 Å². The number of para-hydroxylation sites is 1. The fourth-order valence-electron chi connectivity index (χ4n) is 2.65. The molecule has 0 atom stereocenters. The number of carboxylic acids is 1. The van der Waals surface area contributed by atoms with Crippen LogP contribution < -0.4 is 4.74 Å². The van der Waals surface area contributed by atoms with Gasteiger partial charge in [-0.2, -0.15) is 4.31 Å².